The Hall–Kier alpha value is -3.12. The molecule has 1 N–H and O–H groups in total. The van der Waals surface area contributed by atoms with Crippen molar-refractivity contribution in [3.05, 3.63) is 69.6 Å². The van der Waals surface area contributed by atoms with E-state index < -0.39 is 0 Å². The third kappa shape index (κ3) is 3.51. The third-order valence-corrected chi connectivity index (χ3v) is 5.21. The summed E-state index contributed by atoms with van der Waals surface area (Å²) in [5.74, 6) is -0.317. The van der Waals surface area contributed by atoms with Gasteiger partial charge in [0.15, 0.2) is 0 Å². The lowest BCUT2D eigenvalue weighted by atomic mass is 10.2. The quantitative estimate of drug-likeness (QED) is 0.533. The lowest BCUT2D eigenvalue weighted by Gasteiger charge is -2.10. The molecule has 0 bridgehead atoms. The van der Waals surface area contributed by atoms with E-state index in [2.05, 4.69) is 17.3 Å². The number of nitrogens with one attached hydrogen (secondary N) is 1. The van der Waals surface area contributed by atoms with Crippen LogP contribution in [0.3, 0.4) is 0 Å². The molecule has 0 atom stereocenters. The van der Waals surface area contributed by atoms with Crippen molar-refractivity contribution in [2.45, 2.75) is 33.4 Å². The number of aryl methyl sites for hydroxylation is 2. The average molecular weight is 409 g/mol. The lowest BCUT2D eigenvalue weighted by Crippen LogP contribution is -2.30. The number of halogens is 1. The second-order valence-electron chi connectivity index (χ2n) is 7.05. The summed E-state index contributed by atoms with van der Waals surface area (Å²) in [5.41, 5.74) is 2.83. The van der Waals surface area contributed by atoms with Crippen LogP contribution in [0.15, 0.2) is 53.5 Å². The first-order valence-electron chi connectivity index (χ1n) is 9.52. The minimum Gasteiger partial charge on any atom is -0.336 e. The standard InChI is InChI=1S/C22H21ClN4O2/c1-3-10-26-19-7-5-4-6-16(19)17-12-24-27(22(29)21(17)26)13-20(28)25-18-9-8-15(23)11-14(18)2/h4-9,11-12H,3,10,13H2,1-2H3,(H,25,28). The van der Waals surface area contributed by atoms with Crippen LogP contribution in [0.5, 0.6) is 0 Å². The van der Waals surface area contributed by atoms with Gasteiger partial charge in [-0.15, -0.1) is 0 Å². The van der Waals surface area contributed by atoms with E-state index in [9.17, 15) is 9.59 Å². The second kappa shape index (κ2) is 7.72. The molecule has 0 aliphatic rings. The number of anilines is 1. The highest BCUT2D eigenvalue weighted by molar-refractivity contribution is 6.30. The third-order valence-electron chi connectivity index (χ3n) is 4.98. The molecule has 0 saturated heterocycles. The number of para-hydroxylation sites is 1. The van der Waals surface area contributed by atoms with Crippen LogP contribution in [0, 0.1) is 6.92 Å². The highest BCUT2D eigenvalue weighted by Crippen LogP contribution is 2.26. The summed E-state index contributed by atoms with van der Waals surface area (Å²) in [4.78, 5) is 25.7. The van der Waals surface area contributed by atoms with Gasteiger partial charge in [0.05, 0.1) is 6.20 Å². The Kier molecular flexibility index (Phi) is 5.11. The largest absolute Gasteiger partial charge is 0.336 e. The molecule has 0 aliphatic carbocycles. The van der Waals surface area contributed by atoms with Crippen molar-refractivity contribution >= 4 is 45.0 Å². The number of benzene rings is 2. The Morgan fingerprint density at radius 2 is 1.97 bits per heavy atom. The summed E-state index contributed by atoms with van der Waals surface area (Å²) in [7, 11) is 0. The number of rotatable bonds is 5. The van der Waals surface area contributed by atoms with Gasteiger partial charge < -0.3 is 9.88 Å². The van der Waals surface area contributed by atoms with Crippen LogP contribution < -0.4 is 10.9 Å². The van der Waals surface area contributed by atoms with Crippen molar-refractivity contribution in [1.82, 2.24) is 14.3 Å². The fourth-order valence-corrected chi connectivity index (χ4v) is 3.88. The molecule has 2 heterocycles. The summed E-state index contributed by atoms with van der Waals surface area (Å²) >= 11 is 5.96. The molecule has 0 spiro atoms. The molecule has 4 rings (SSSR count). The maximum atomic E-state index is 13.2. The molecule has 6 nitrogen and oxygen atoms in total. The fraction of sp³-hybridized carbons (Fsp3) is 0.227. The van der Waals surface area contributed by atoms with E-state index in [0.717, 1.165) is 34.8 Å². The number of amides is 1. The minimum atomic E-state index is -0.317. The van der Waals surface area contributed by atoms with Crippen LogP contribution >= 0.6 is 11.6 Å². The van der Waals surface area contributed by atoms with Gasteiger partial charge in [0.1, 0.15) is 12.1 Å². The van der Waals surface area contributed by atoms with Crippen molar-refractivity contribution in [3.63, 3.8) is 0 Å². The zero-order chi connectivity index (χ0) is 20.5. The zero-order valence-electron chi connectivity index (χ0n) is 16.3. The molecule has 148 valence electrons. The van der Waals surface area contributed by atoms with E-state index in [4.69, 9.17) is 11.6 Å². The lowest BCUT2D eigenvalue weighted by molar-refractivity contribution is -0.117. The van der Waals surface area contributed by atoms with Crippen LogP contribution in [0.25, 0.3) is 21.8 Å². The summed E-state index contributed by atoms with van der Waals surface area (Å²) < 4.78 is 3.24. The summed E-state index contributed by atoms with van der Waals surface area (Å²) in [6.07, 6.45) is 2.57. The monoisotopic (exact) mass is 408 g/mol. The first kappa shape index (κ1) is 19.2. The van der Waals surface area contributed by atoms with E-state index in [-0.39, 0.29) is 18.0 Å². The van der Waals surface area contributed by atoms with Crippen LogP contribution in [-0.4, -0.2) is 20.3 Å². The van der Waals surface area contributed by atoms with E-state index in [1.165, 1.54) is 4.68 Å². The SMILES string of the molecule is CCCn1c2ccccc2c2cnn(CC(=O)Nc3ccc(Cl)cc3C)c(=O)c21. The van der Waals surface area contributed by atoms with Crippen molar-refractivity contribution in [2.24, 2.45) is 0 Å². The van der Waals surface area contributed by atoms with Crippen LogP contribution in [0.2, 0.25) is 5.02 Å². The Balaban J connectivity index is 1.72. The number of aromatic nitrogens is 3. The molecule has 0 fully saturated rings. The number of fused-ring (bicyclic) bond motifs is 3. The fourth-order valence-electron chi connectivity index (χ4n) is 3.66. The first-order valence-corrected chi connectivity index (χ1v) is 9.90. The van der Waals surface area contributed by atoms with E-state index in [1.807, 2.05) is 35.8 Å². The average Bonchev–Trinajstić information content (AvgIpc) is 3.01. The molecule has 0 aliphatic heterocycles. The van der Waals surface area contributed by atoms with Gasteiger partial charge in [0, 0.05) is 33.5 Å². The maximum absolute atomic E-state index is 13.2. The maximum Gasteiger partial charge on any atom is 0.291 e. The van der Waals surface area contributed by atoms with Gasteiger partial charge in [-0.2, -0.15) is 5.10 Å². The summed E-state index contributed by atoms with van der Waals surface area (Å²) in [6, 6.07) is 13.1. The van der Waals surface area contributed by atoms with Gasteiger partial charge in [-0.1, -0.05) is 36.7 Å². The van der Waals surface area contributed by atoms with E-state index in [1.54, 1.807) is 24.4 Å². The molecular formula is C22H21ClN4O2. The van der Waals surface area contributed by atoms with Crippen molar-refractivity contribution in [1.29, 1.82) is 0 Å². The highest BCUT2D eigenvalue weighted by atomic mass is 35.5. The number of hydrogen-bond donors (Lipinski definition) is 1. The van der Waals surface area contributed by atoms with Gasteiger partial charge in [-0.25, -0.2) is 4.68 Å². The van der Waals surface area contributed by atoms with Crippen molar-refractivity contribution in [3.8, 4) is 0 Å². The van der Waals surface area contributed by atoms with Crippen LogP contribution in [0.4, 0.5) is 5.69 Å². The Labute approximate surface area is 172 Å². The van der Waals surface area contributed by atoms with E-state index in [0.29, 0.717) is 16.2 Å². The molecule has 1 amide bonds. The predicted octanol–water partition coefficient (Wildman–Crippen LogP) is 4.36. The Morgan fingerprint density at radius 1 is 1.17 bits per heavy atom. The molecule has 0 radical (unpaired) electrons. The van der Waals surface area contributed by atoms with E-state index >= 15 is 0 Å². The topological polar surface area (TPSA) is 68.9 Å². The van der Waals surface area contributed by atoms with Crippen LogP contribution in [0.1, 0.15) is 18.9 Å². The second-order valence-corrected chi connectivity index (χ2v) is 7.48. The van der Waals surface area contributed by atoms with Gasteiger partial charge >= 0.3 is 0 Å². The summed E-state index contributed by atoms with van der Waals surface area (Å²) in [6.45, 7) is 4.49. The van der Waals surface area contributed by atoms with Gasteiger partial charge in [-0.05, 0) is 43.2 Å². The zero-order valence-corrected chi connectivity index (χ0v) is 17.0. The van der Waals surface area contributed by atoms with Crippen molar-refractivity contribution < 1.29 is 4.79 Å². The molecule has 29 heavy (non-hydrogen) atoms. The predicted molar refractivity (Wildman–Crippen MR) is 117 cm³/mol. The first-order chi connectivity index (χ1) is 14.0. The molecule has 7 heteroatoms. The number of nitrogens with zero attached hydrogens (tertiary/aromatic N) is 3. The Morgan fingerprint density at radius 3 is 2.72 bits per heavy atom. The molecule has 4 aromatic rings. The van der Waals surface area contributed by atoms with Gasteiger partial charge in [-0.3, -0.25) is 9.59 Å². The van der Waals surface area contributed by atoms with Crippen LogP contribution in [-0.2, 0) is 17.9 Å². The number of carbonyl (C=O) groups excluding carboxylic acids is 1. The number of hydrogen-bond acceptors (Lipinski definition) is 3. The van der Waals surface area contributed by atoms with Gasteiger partial charge in [0.2, 0.25) is 5.91 Å². The molecule has 0 unspecified atom stereocenters. The minimum absolute atomic E-state index is 0.162. The molecule has 2 aromatic carbocycles. The smallest absolute Gasteiger partial charge is 0.291 e. The van der Waals surface area contributed by atoms with Crippen molar-refractivity contribution in [2.75, 3.05) is 5.32 Å². The Bertz CT molecular complexity index is 1290. The normalized spacial score (nSPS) is 11.3. The highest BCUT2D eigenvalue weighted by Gasteiger charge is 2.16. The number of carbonyl (C=O) groups is 1. The molecular weight excluding hydrogens is 388 g/mol. The molecule has 2 aromatic heterocycles. The molecule has 0 saturated carbocycles. The van der Waals surface area contributed by atoms with Gasteiger partial charge in [0.25, 0.3) is 5.56 Å². The summed E-state index contributed by atoms with van der Waals surface area (Å²) in [5, 5.41) is 9.49.